The molecule has 2 rings (SSSR count). The summed E-state index contributed by atoms with van der Waals surface area (Å²) < 4.78 is 27.4. The first-order valence-electron chi connectivity index (χ1n) is 6.87. The summed E-state index contributed by atoms with van der Waals surface area (Å²) in [7, 11) is 0. The van der Waals surface area contributed by atoms with Gasteiger partial charge in [-0.05, 0) is 30.5 Å². The van der Waals surface area contributed by atoms with E-state index in [9.17, 15) is 8.78 Å². The standard InChI is InChI=1S/C15H21F2NS/c1-4-5-18-14-11-6-10(16)7-13(17)12(11)8-19-15(14)9(2)3/h6-7,9,14-15,18H,4-5,8H2,1-3H3. The molecule has 0 radical (unpaired) electrons. The molecule has 2 unspecified atom stereocenters. The first kappa shape index (κ1) is 14.8. The van der Waals surface area contributed by atoms with Crippen molar-refractivity contribution in [3.8, 4) is 0 Å². The van der Waals surface area contributed by atoms with Gasteiger partial charge in [0.25, 0.3) is 0 Å². The molecule has 4 heteroatoms. The lowest BCUT2D eigenvalue weighted by Gasteiger charge is -2.36. The van der Waals surface area contributed by atoms with Gasteiger partial charge in [-0.25, -0.2) is 8.78 Å². The van der Waals surface area contributed by atoms with Gasteiger partial charge in [-0.1, -0.05) is 20.8 Å². The first-order chi connectivity index (χ1) is 9.04. The predicted molar refractivity (Wildman–Crippen MR) is 77.3 cm³/mol. The quantitative estimate of drug-likeness (QED) is 0.886. The van der Waals surface area contributed by atoms with E-state index in [2.05, 4.69) is 26.1 Å². The van der Waals surface area contributed by atoms with E-state index in [0.717, 1.165) is 24.6 Å². The lowest BCUT2D eigenvalue weighted by Crippen LogP contribution is -2.37. The zero-order valence-corrected chi connectivity index (χ0v) is 12.5. The summed E-state index contributed by atoms with van der Waals surface area (Å²) in [6.45, 7) is 7.30. The molecule has 106 valence electrons. The third-order valence-corrected chi connectivity index (χ3v) is 5.21. The van der Waals surface area contributed by atoms with Crippen LogP contribution in [0.25, 0.3) is 0 Å². The molecule has 2 atom stereocenters. The number of thioether (sulfide) groups is 1. The van der Waals surface area contributed by atoms with Crippen molar-refractivity contribution in [3.05, 3.63) is 34.9 Å². The van der Waals surface area contributed by atoms with Crippen molar-refractivity contribution in [1.29, 1.82) is 0 Å². The van der Waals surface area contributed by atoms with Crippen LogP contribution in [0.15, 0.2) is 12.1 Å². The summed E-state index contributed by atoms with van der Waals surface area (Å²) in [5, 5.41) is 3.82. The van der Waals surface area contributed by atoms with Gasteiger partial charge >= 0.3 is 0 Å². The summed E-state index contributed by atoms with van der Waals surface area (Å²) in [5.74, 6) is 0.218. The van der Waals surface area contributed by atoms with E-state index in [0.29, 0.717) is 22.5 Å². The van der Waals surface area contributed by atoms with Crippen LogP contribution in [0.3, 0.4) is 0 Å². The third-order valence-electron chi connectivity index (χ3n) is 3.55. The van der Waals surface area contributed by atoms with Crippen molar-refractivity contribution in [2.45, 2.75) is 44.2 Å². The molecule has 1 N–H and O–H groups in total. The summed E-state index contributed by atoms with van der Waals surface area (Å²) in [6.07, 6.45) is 1.01. The average Bonchev–Trinajstić information content (AvgIpc) is 2.35. The number of rotatable bonds is 4. The Morgan fingerprint density at radius 3 is 2.74 bits per heavy atom. The van der Waals surface area contributed by atoms with Gasteiger partial charge in [-0.2, -0.15) is 11.8 Å². The summed E-state index contributed by atoms with van der Waals surface area (Å²) in [6, 6.07) is 2.53. The van der Waals surface area contributed by atoms with E-state index in [4.69, 9.17) is 0 Å². The molecule has 1 aromatic carbocycles. The molecule has 1 heterocycles. The van der Waals surface area contributed by atoms with Crippen molar-refractivity contribution < 1.29 is 8.78 Å². The van der Waals surface area contributed by atoms with Crippen LogP contribution >= 0.6 is 11.8 Å². The Balaban J connectivity index is 2.39. The Morgan fingerprint density at radius 1 is 1.37 bits per heavy atom. The maximum atomic E-state index is 13.9. The Hall–Kier alpha value is -0.610. The van der Waals surface area contributed by atoms with Gasteiger partial charge in [0.1, 0.15) is 11.6 Å². The highest BCUT2D eigenvalue weighted by Crippen LogP contribution is 2.42. The van der Waals surface area contributed by atoms with Crippen molar-refractivity contribution in [2.75, 3.05) is 6.54 Å². The number of halogens is 2. The van der Waals surface area contributed by atoms with Crippen LogP contribution in [0.4, 0.5) is 8.78 Å². The molecule has 1 aliphatic rings. The van der Waals surface area contributed by atoms with E-state index in [1.165, 1.54) is 6.07 Å². The van der Waals surface area contributed by atoms with Crippen LogP contribution in [0, 0.1) is 17.6 Å². The topological polar surface area (TPSA) is 12.0 Å². The number of benzene rings is 1. The van der Waals surface area contributed by atoms with Gasteiger partial charge in [-0.3, -0.25) is 0 Å². The molecular formula is C15H21F2NS. The minimum Gasteiger partial charge on any atom is -0.309 e. The number of hydrogen-bond acceptors (Lipinski definition) is 2. The number of hydrogen-bond donors (Lipinski definition) is 1. The van der Waals surface area contributed by atoms with Crippen LogP contribution in [0.1, 0.15) is 44.4 Å². The number of fused-ring (bicyclic) bond motifs is 1. The van der Waals surface area contributed by atoms with Gasteiger partial charge in [0.2, 0.25) is 0 Å². The van der Waals surface area contributed by atoms with E-state index >= 15 is 0 Å². The van der Waals surface area contributed by atoms with Crippen molar-refractivity contribution >= 4 is 11.8 Å². The molecule has 0 spiro atoms. The number of nitrogens with one attached hydrogen (secondary N) is 1. The first-order valence-corrected chi connectivity index (χ1v) is 7.92. The largest absolute Gasteiger partial charge is 0.309 e. The molecule has 0 fully saturated rings. The maximum Gasteiger partial charge on any atom is 0.130 e. The van der Waals surface area contributed by atoms with Gasteiger partial charge in [0, 0.05) is 28.7 Å². The van der Waals surface area contributed by atoms with Gasteiger partial charge < -0.3 is 5.32 Å². The molecule has 0 saturated heterocycles. The molecule has 0 amide bonds. The van der Waals surface area contributed by atoms with Gasteiger partial charge in [0.15, 0.2) is 0 Å². The second kappa shape index (κ2) is 6.23. The summed E-state index contributed by atoms with van der Waals surface area (Å²) in [4.78, 5) is 0. The average molecular weight is 285 g/mol. The fourth-order valence-corrected chi connectivity index (χ4v) is 4.09. The molecule has 1 aromatic rings. The second-order valence-corrected chi connectivity index (χ2v) is 6.57. The van der Waals surface area contributed by atoms with Crippen molar-refractivity contribution in [2.24, 2.45) is 5.92 Å². The molecule has 1 aliphatic heterocycles. The SMILES string of the molecule is CCCNC1c2cc(F)cc(F)c2CSC1C(C)C. The summed E-state index contributed by atoms with van der Waals surface area (Å²) in [5.41, 5.74) is 1.47. The molecule has 0 bridgehead atoms. The second-order valence-electron chi connectivity index (χ2n) is 5.41. The molecule has 0 aromatic heterocycles. The molecule has 1 nitrogen and oxygen atoms in total. The highest BCUT2D eigenvalue weighted by atomic mass is 32.2. The Morgan fingerprint density at radius 2 is 2.11 bits per heavy atom. The van der Waals surface area contributed by atoms with E-state index in [1.807, 2.05) is 0 Å². The van der Waals surface area contributed by atoms with Crippen LogP contribution in [-0.4, -0.2) is 11.8 Å². The monoisotopic (exact) mass is 285 g/mol. The normalized spacial score (nSPS) is 22.6. The van der Waals surface area contributed by atoms with E-state index < -0.39 is 11.6 Å². The fourth-order valence-electron chi connectivity index (χ4n) is 2.61. The van der Waals surface area contributed by atoms with Crippen LogP contribution in [0.2, 0.25) is 0 Å². The smallest absolute Gasteiger partial charge is 0.130 e. The molecular weight excluding hydrogens is 264 g/mol. The summed E-state index contributed by atoms with van der Waals surface area (Å²) >= 11 is 1.77. The Kier molecular flexibility index (Phi) is 4.85. The van der Waals surface area contributed by atoms with Crippen molar-refractivity contribution in [3.63, 3.8) is 0 Å². The zero-order chi connectivity index (χ0) is 14.0. The van der Waals surface area contributed by atoms with Gasteiger partial charge in [-0.15, -0.1) is 0 Å². The lowest BCUT2D eigenvalue weighted by atomic mass is 9.92. The predicted octanol–water partition coefficient (Wildman–Crippen LogP) is 4.28. The highest BCUT2D eigenvalue weighted by molar-refractivity contribution is 7.99. The third kappa shape index (κ3) is 3.11. The maximum absolute atomic E-state index is 13.9. The zero-order valence-electron chi connectivity index (χ0n) is 11.7. The fraction of sp³-hybridized carbons (Fsp3) is 0.600. The Bertz CT molecular complexity index is 448. The minimum absolute atomic E-state index is 0.0406. The molecule has 19 heavy (non-hydrogen) atoms. The van der Waals surface area contributed by atoms with Crippen LogP contribution in [0.5, 0.6) is 0 Å². The highest BCUT2D eigenvalue weighted by Gasteiger charge is 2.33. The molecule has 0 saturated carbocycles. The van der Waals surface area contributed by atoms with E-state index in [1.54, 1.807) is 11.8 Å². The van der Waals surface area contributed by atoms with Crippen LogP contribution < -0.4 is 5.32 Å². The minimum atomic E-state index is -0.478. The Labute approximate surface area is 118 Å². The van der Waals surface area contributed by atoms with Gasteiger partial charge in [0.05, 0.1) is 0 Å². The lowest BCUT2D eigenvalue weighted by molar-refractivity contribution is 0.432. The van der Waals surface area contributed by atoms with Crippen molar-refractivity contribution in [1.82, 2.24) is 5.32 Å². The van der Waals surface area contributed by atoms with E-state index in [-0.39, 0.29) is 6.04 Å². The molecule has 0 aliphatic carbocycles. The van der Waals surface area contributed by atoms with Crippen LogP contribution in [-0.2, 0) is 5.75 Å².